The first-order valence-electron chi connectivity index (χ1n) is 5.08. The Kier molecular flexibility index (Phi) is 2.88. The van der Waals surface area contributed by atoms with Gasteiger partial charge in [0.05, 0.1) is 0 Å². The summed E-state index contributed by atoms with van der Waals surface area (Å²) < 4.78 is 1.10. The largest absolute Gasteiger partial charge is 0.330 e. The van der Waals surface area contributed by atoms with Gasteiger partial charge in [-0.15, -0.1) is 0 Å². The van der Waals surface area contributed by atoms with Gasteiger partial charge in [0.1, 0.15) is 0 Å². The topological polar surface area (TPSA) is 38.9 Å². The van der Waals surface area contributed by atoms with Crippen molar-refractivity contribution in [1.82, 2.24) is 4.98 Å². The van der Waals surface area contributed by atoms with Crippen LogP contribution in [0.3, 0.4) is 0 Å². The zero-order valence-corrected chi connectivity index (χ0v) is 9.76. The fourth-order valence-electron chi connectivity index (χ4n) is 2.44. The summed E-state index contributed by atoms with van der Waals surface area (Å²) in [4.78, 5) is 4.09. The van der Waals surface area contributed by atoms with Crippen LogP contribution >= 0.6 is 15.9 Å². The van der Waals surface area contributed by atoms with Gasteiger partial charge in [-0.05, 0) is 40.4 Å². The van der Waals surface area contributed by atoms with E-state index in [1.54, 1.807) is 0 Å². The van der Waals surface area contributed by atoms with E-state index in [0.717, 1.165) is 11.0 Å². The maximum atomic E-state index is 5.93. The van der Waals surface area contributed by atoms with Gasteiger partial charge >= 0.3 is 0 Å². The molecule has 0 amide bonds. The van der Waals surface area contributed by atoms with Gasteiger partial charge in [0.2, 0.25) is 0 Å². The fourth-order valence-corrected chi connectivity index (χ4v) is 3.11. The number of nitrogens with two attached hydrogens (primary N) is 1. The van der Waals surface area contributed by atoms with Crippen molar-refractivity contribution < 1.29 is 0 Å². The van der Waals surface area contributed by atoms with E-state index < -0.39 is 0 Å². The molecule has 2 N–H and O–H groups in total. The third-order valence-corrected chi connectivity index (χ3v) is 3.93. The molecule has 0 aliphatic heterocycles. The van der Waals surface area contributed by atoms with Crippen LogP contribution in [0.25, 0.3) is 0 Å². The number of halogens is 1. The maximum Gasteiger partial charge on any atom is 0.0413 e. The van der Waals surface area contributed by atoms with E-state index >= 15 is 0 Å². The van der Waals surface area contributed by atoms with Crippen LogP contribution in [0.2, 0.25) is 0 Å². The predicted molar refractivity (Wildman–Crippen MR) is 61.1 cm³/mol. The molecule has 1 aromatic rings. The first-order chi connectivity index (χ1) is 6.78. The van der Waals surface area contributed by atoms with Gasteiger partial charge in [0.15, 0.2) is 0 Å². The van der Waals surface area contributed by atoms with Crippen LogP contribution in [0.1, 0.15) is 31.2 Å². The minimum atomic E-state index is 0.210. The molecule has 1 saturated carbocycles. The summed E-state index contributed by atoms with van der Waals surface area (Å²) >= 11 is 3.56. The second-order valence-electron chi connectivity index (χ2n) is 4.05. The zero-order valence-electron chi connectivity index (χ0n) is 8.17. The third-order valence-electron chi connectivity index (χ3n) is 3.30. The van der Waals surface area contributed by atoms with Crippen molar-refractivity contribution in [3.8, 4) is 0 Å². The average molecular weight is 255 g/mol. The molecule has 2 nitrogen and oxygen atoms in total. The number of hydrogen-bond acceptors (Lipinski definition) is 2. The number of hydrogen-bond donors (Lipinski definition) is 1. The van der Waals surface area contributed by atoms with Gasteiger partial charge < -0.3 is 5.73 Å². The van der Waals surface area contributed by atoms with E-state index in [4.69, 9.17) is 5.73 Å². The first-order valence-corrected chi connectivity index (χ1v) is 5.88. The Morgan fingerprint density at radius 3 is 2.71 bits per heavy atom. The molecule has 0 radical (unpaired) electrons. The molecule has 1 aromatic heterocycles. The molecule has 1 fully saturated rings. The molecule has 0 unspecified atom stereocenters. The number of pyridine rings is 1. The molecule has 2 rings (SSSR count). The molecule has 3 heteroatoms. The summed E-state index contributed by atoms with van der Waals surface area (Å²) in [5.41, 5.74) is 7.48. The SMILES string of the molecule is NCC1(c2ccncc2Br)CCCC1. The molecule has 0 aromatic carbocycles. The van der Waals surface area contributed by atoms with Crippen LogP contribution in [0, 0.1) is 0 Å². The Labute approximate surface area is 93.0 Å². The molecule has 0 bridgehead atoms. The third kappa shape index (κ3) is 1.59. The summed E-state index contributed by atoms with van der Waals surface area (Å²) in [7, 11) is 0. The Balaban J connectivity index is 2.41. The van der Waals surface area contributed by atoms with Crippen molar-refractivity contribution in [2.45, 2.75) is 31.1 Å². The van der Waals surface area contributed by atoms with Crippen molar-refractivity contribution in [3.05, 3.63) is 28.5 Å². The lowest BCUT2D eigenvalue weighted by Gasteiger charge is -2.28. The van der Waals surface area contributed by atoms with Crippen molar-refractivity contribution in [2.24, 2.45) is 5.73 Å². The summed E-state index contributed by atoms with van der Waals surface area (Å²) in [6, 6.07) is 2.10. The van der Waals surface area contributed by atoms with Gasteiger partial charge in [-0.1, -0.05) is 12.8 Å². The summed E-state index contributed by atoms with van der Waals surface area (Å²) in [5.74, 6) is 0. The molecular weight excluding hydrogens is 240 g/mol. The smallest absolute Gasteiger partial charge is 0.0413 e. The molecule has 0 atom stereocenters. The molecule has 14 heavy (non-hydrogen) atoms. The van der Waals surface area contributed by atoms with Gasteiger partial charge in [-0.25, -0.2) is 0 Å². The lowest BCUT2D eigenvalue weighted by molar-refractivity contribution is 0.450. The molecule has 1 heterocycles. The van der Waals surface area contributed by atoms with Crippen LogP contribution in [-0.2, 0) is 5.41 Å². The molecule has 76 valence electrons. The minimum absolute atomic E-state index is 0.210. The fraction of sp³-hybridized carbons (Fsp3) is 0.545. The average Bonchev–Trinajstić information content (AvgIpc) is 2.68. The number of nitrogens with zero attached hydrogens (tertiary/aromatic N) is 1. The highest BCUT2D eigenvalue weighted by atomic mass is 79.9. The van der Waals surface area contributed by atoms with Crippen molar-refractivity contribution in [1.29, 1.82) is 0 Å². The highest BCUT2D eigenvalue weighted by Crippen LogP contribution is 2.42. The Morgan fingerprint density at radius 2 is 2.14 bits per heavy atom. The quantitative estimate of drug-likeness (QED) is 0.882. The Morgan fingerprint density at radius 1 is 1.43 bits per heavy atom. The zero-order chi connectivity index (χ0) is 10.0. The van der Waals surface area contributed by atoms with Crippen LogP contribution in [0.4, 0.5) is 0 Å². The summed E-state index contributed by atoms with van der Waals surface area (Å²) in [6.45, 7) is 0.746. The van der Waals surface area contributed by atoms with E-state index in [-0.39, 0.29) is 5.41 Å². The van der Waals surface area contributed by atoms with Gasteiger partial charge in [0, 0.05) is 28.8 Å². The lowest BCUT2D eigenvalue weighted by Crippen LogP contribution is -2.32. The minimum Gasteiger partial charge on any atom is -0.330 e. The van der Waals surface area contributed by atoms with Crippen LogP contribution in [-0.4, -0.2) is 11.5 Å². The van der Waals surface area contributed by atoms with Gasteiger partial charge in [0.25, 0.3) is 0 Å². The first kappa shape index (κ1) is 10.1. The highest BCUT2D eigenvalue weighted by Gasteiger charge is 2.35. The lowest BCUT2D eigenvalue weighted by atomic mass is 9.79. The molecular formula is C11H15BrN2. The molecule has 1 aliphatic carbocycles. The van der Waals surface area contributed by atoms with E-state index in [9.17, 15) is 0 Å². The van der Waals surface area contributed by atoms with E-state index in [2.05, 4.69) is 27.0 Å². The van der Waals surface area contributed by atoms with E-state index in [0.29, 0.717) is 0 Å². The van der Waals surface area contributed by atoms with E-state index in [1.807, 2.05) is 12.4 Å². The normalized spacial score (nSPS) is 19.9. The second kappa shape index (κ2) is 3.99. The predicted octanol–water partition coefficient (Wildman–Crippen LogP) is 2.61. The highest BCUT2D eigenvalue weighted by molar-refractivity contribution is 9.10. The standard InChI is InChI=1S/C11H15BrN2/c12-10-7-14-6-3-9(10)11(8-13)4-1-2-5-11/h3,6-7H,1-2,4-5,8,13H2. The van der Waals surface area contributed by atoms with Gasteiger partial charge in [-0.2, -0.15) is 0 Å². The van der Waals surface area contributed by atoms with Crippen molar-refractivity contribution >= 4 is 15.9 Å². The second-order valence-corrected chi connectivity index (χ2v) is 4.90. The molecule has 0 spiro atoms. The Bertz CT molecular complexity index is 319. The summed E-state index contributed by atoms with van der Waals surface area (Å²) in [5, 5.41) is 0. The summed E-state index contributed by atoms with van der Waals surface area (Å²) in [6.07, 6.45) is 8.75. The van der Waals surface area contributed by atoms with Crippen LogP contribution in [0.15, 0.2) is 22.9 Å². The molecule has 1 aliphatic rings. The monoisotopic (exact) mass is 254 g/mol. The Hall–Kier alpha value is -0.410. The van der Waals surface area contributed by atoms with Crippen LogP contribution in [0.5, 0.6) is 0 Å². The number of aromatic nitrogens is 1. The van der Waals surface area contributed by atoms with E-state index in [1.165, 1.54) is 31.2 Å². The molecule has 0 saturated heterocycles. The van der Waals surface area contributed by atoms with Crippen LogP contribution < -0.4 is 5.73 Å². The number of rotatable bonds is 2. The van der Waals surface area contributed by atoms with Gasteiger partial charge in [-0.3, -0.25) is 4.98 Å². The van der Waals surface area contributed by atoms with Crippen molar-refractivity contribution in [3.63, 3.8) is 0 Å². The maximum absolute atomic E-state index is 5.93. The van der Waals surface area contributed by atoms with Crippen molar-refractivity contribution in [2.75, 3.05) is 6.54 Å².